The molecule has 122 valence electrons. The number of anilines is 1. The molecular weight excluding hydrogens is 355 g/mol. The molecule has 0 aliphatic rings. The summed E-state index contributed by atoms with van der Waals surface area (Å²) >= 11 is 12.0. The fourth-order valence-electron chi connectivity index (χ4n) is 2.31. The van der Waals surface area contributed by atoms with Crippen LogP contribution in [-0.2, 0) is 0 Å². The Labute approximate surface area is 146 Å². The summed E-state index contributed by atoms with van der Waals surface area (Å²) in [5.74, 6) is -0.446. The molecule has 0 fully saturated rings. The Morgan fingerprint density at radius 2 is 2.04 bits per heavy atom. The van der Waals surface area contributed by atoms with Crippen LogP contribution >= 0.6 is 23.2 Å². The highest BCUT2D eigenvalue weighted by molar-refractivity contribution is 6.34. The number of aryl methyl sites for hydroxylation is 1. The van der Waals surface area contributed by atoms with Gasteiger partial charge in [-0.1, -0.05) is 23.2 Å². The number of amides is 1. The van der Waals surface area contributed by atoms with E-state index in [1.807, 2.05) is 0 Å². The molecule has 0 bridgehead atoms. The van der Waals surface area contributed by atoms with Crippen LogP contribution in [0.4, 0.5) is 11.4 Å². The van der Waals surface area contributed by atoms with Crippen LogP contribution < -0.4 is 5.32 Å². The van der Waals surface area contributed by atoms with E-state index in [1.165, 1.54) is 18.2 Å². The first-order chi connectivity index (χ1) is 11.4. The number of hydrogen-bond donors (Lipinski definition) is 1. The van der Waals surface area contributed by atoms with Crippen LogP contribution in [0.2, 0.25) is 10.0 Å². The number of rotatable bonds is 3. The molecule has 2 aromatic heterocycles. The Hall–Kier alpha value is -2.64. The summed E-state index contributed by atoms with van der Waals surface area (Å²) < 4.78 is 1.58. The number of hydrogen-bond acceptors (Lipinski definition) is 4. The van der Waals surface area contributed by atoms with Gasteiger partial charge in [-0.2, -0.15) is 0 Å². The predicted molar refractivity (Wildman–Crippen MR) is 91.0 cm³/mol. The van der Waals surface area contributed by atoms with Crippen LogP contribution in [0.25, 0.3) is 5.65 Å². The quantitative estimate of drug-likeness (QED) is 0.559. The largest absolute Gasteiger partial charge is 0.319 e. The normalized spacial score (nSPS) is 10.8. The van der Waals surface area contributed by atoms with Crippen molar-refractivity contribution in [3.05, 3.63) is 68.1 Å². The highest BCUT2D eigenvalue weighted by Crippen LogP contribution is 2.27. The third-order valence-electron chi connectivity index (χ3n) is 3.38. The maximum atomic E-state index is 12.6. The summed E-state index contributed by atoms with van der Waals surface area (Å²) in [7, 11) is 0. The lowest BCUT2D eigenvalue weighted by Gasteiger charge is -2.08. The molecular formula is C15H10Cl2N4O3. The molecule has 3 rings (SSSR count). The minimum atomic E-state index is -0.561. The number of halogens is 2. The maximum absolute atomic E-state index is 12.6. The molecule has 0 atom stereocenters. The summed E-state index contributed by atoms with van der Waals surface area (Å²) in [6.07, 6.45) is 1.59. The molecule has 0 spiro atoms. The van der Waals surface area contributed by atoms with E-state index in [1.54, 1.807) is 29.7 Å². The number of nitro groups is 1. The first kappa shape index (κ1) is 16.2. The highest BCUT2D eigenvalue weighted by atomic mass is 35.5. The Balaban J connectivity index is 1.97. The molecule has 3 aromatic rings. The standard InChI is InChI=1S/C15H10Cl2N4O3/c1-8-14(20-7-9(16)2-5-13(20)18-8)15(22)19-12-4-3-10(21(23)24)6-11(12)17/h2-7H,1H3,(H,19,22). The molecule has 2 heterocycles. The van der Waals surface area contributed by atoms with Crippen LogP contribution in [0.15, 0.2) is 36.5 Å². The number of imidazole rings is 1. The molecule has 0 unspecified atom stereocenters. The summed E-state index contributed by atoms with van der Waals surface area (Å²) in [4.78, 5) is 27.1. The van der Waals surface area contributed by atoms with E-state index in [0.29, 0.717) is 22.1 Å². The van der Waals surface area contributed by atoms with Gasteiger partial charge in [-0.05, 0) is 25.1 Å². The third-order valence-corrected chi connectivity index (χ3v) is 3.92. The lowest BCUT2D eigenvalue weighted by molar-refractivity contribution is -0.384. The monoisotopic (exact) mass is 364 g/mol. The third kappa shape index (κ3) is 2.91. The van der Waals surface area contributed by atoms with Gasteiger partial charge in [0.1, 0.15) is 11.3 Å². The highest BCUT2D eigenvalue weighted by Gasteiger charge is 2.19. The average Bonchev–Trinajstić information content (AvgIpc) is 2.84. The minimum Gasteiger partial charge on any atom is -0.319 e. The number of carbonyl (C=O) groups excluding carboxylic acids is 1. The van der Waals surface area contributed by atoms with E-state index in [4.69, 9.17) is 23.2 Å². The SMILES string of the molecule is Cc1nc2ccc(Cl)cn2c1C(=O)Nc1ccc([N+](=O)[O-])cc1Cl. The Morgan fingerprint density at radius 3 is 2.71 bits per heavy atom. The van der Waals surface area contributed by atoms with Crippen molar-refractivity contribution in [1.82, 2.24) is 9.38 Å². The lowest BCUT2D eigenvalue weighted by Crippen LogP contribution is -2.16. The van der Waals surface area contributed by atoms with Crippen LogP contribution in [0.5, 0.6) is 0 Å². The molecule has 1 N–H and O–H groups in total. The second-order valence-corrected chi connectivity index (χ2v) is 5.84. The van der Waals surface area contributed by atoms with Gasteiger partial charge in [0, 0.05) is 18.3 Å². The van der Waals surface area contributed by atoms with Crippen LogP contribution in [0.3, 0.4) is 0 Å². The number of aromatic nitrogens is 2. The van der Waals surface area contributed by atoms with Gasteiger partial charge < -0.3 is 5.32 Å². The van der Waals surface area contributed by atoms with Crippen LogP contribution in [0.1, 0.15) is 16.2 Å². The average molecular weight is 365 g/mol. The Morgan fingerprint density at radius 1 is 1.29 bits per heavy atom. The molecule has 0 saturated carbocycles. The zero-order valence-corrected chi connectivity index (χ0v) is 13.8. The maximum Gasteiger partial charge on any atom is 0.274 e. The zero-order valence-electron chi connectivity index (χ0n) is 12.3. The van der Waals surface area contributed by atoms with Gasteiger partial charge in [-0.3, -0.25) is 19.3 Å². The Kier molecular flexibility index (Phi) is 4.13. The van der Waals surface area contributed by atoms with E-state index in [-0.39, 0.29) is 16.4 Å². The molecule has 1 amide bonds. The van der Waals surface area contributed by atoms with E-state index in [2.05, 4.69) is 10.3 Å². The molecule has 0 aliphatic carbocycles. The number of nitrogens with one attached hydrogen (secondary N) is 1. The van der Waals surface area contributed by atoms with Crippen molar-refractivity contribution in [2.24, 2.45) is 0 Å². The lowest BCUT2D eigenvalue weighted by atomic mass is 10.2. The van der Waals surface area contributed by atoms with Gasteiger partial charge in [0.05, 0.1) is 26.3 Å². The molecule has 0 saturated heterocycles. The van der Waals surface area contributed by atoms with Crippen molar-refractivity contribution in [3.8, 4) is 0 Å². The topological polar surface area (TPSA) is 89.5 Å². The first-order valence-electron chi connectivity index (χ1n) is 6.76. The van der Waals surface area contributed by atoms with E-state index in [0.717, 1.165) is 0 Å². The molecule has 0 radical (unpaired) electrons. The predicted octanol–water partition coefficient (Wildman–Crippen LogP) is 4.11. The molecule has 1 aromatic carbocycles. The van der Waals surface area contributed by atoms with Crippen molar-refractivity contribution in [2.45, 2.75) is 6.92 Å². The second kappa shape index (κ2) is 6.10. The minimum absolute atomic E-state index is 0.0713. The second-order valence-electron chi connectivity index (χ2n) is 5.00. The van der Waals surface area contributed by atoms with Crippen LogP contribution in [0, 0.1) is 17.0 Å². The molecule has 9 heteroatoms. The fraction of sp³-hybridized carbons (Fsp3) is 0.0667. The van der Waals surface area contributed by atoms with Gasteiger partial charge in [0.15, 0.2) is 0 Å². The van der Waals surface area contributed by atoms with Crippen molar-refractivity contribution < 1.29 is 9.72 Å². The number of non-ortho nitro benzene ring substituents is 1. The first-order valence-corrected chi connectivity index (χ1v) is 7.52. The van der Waals surface area contributed by atoms with Gasteiger partial charge in [0.2, 0.25) is 0 Å². The smallest absolute Gasteiger partial charge is 0.274 e. The molecule has 24 heavy (non-hydrogen) atoms. The molecule has 7 nitrogen and oxygen atoms in total. The summed E-state index contributed by atoms with van der Waals surface area (Å²) in [6.45, 7) is 1.70. The number of nitrogens with zero attached hydrogens (tertiary/aromatic N) is 3. The number of nitro benzene ring substituents is 1. The van der Waals surface area contributed by atoms with Crippen molar-refractivity contribution in [1.29, 1.82) is 0 Å². The summed E-state index contributed by atoms with van der Waals surface area (Å²) in [5.41, 5.74) is 1.52. The number of fused-ring (bicyclic) bond motifs is 1. The van der Waals surface area contributed by atoms with E-state index >= 15 is 0 Å². The summed E-state index contributed by atoms with van der Waals surface area (Å²) in [5, 5.41) is 13.9. The van der Waals surface area contributed by atoms with Gasteiger partial charge in [0.25, 0.3) is 11.6 Å². The van der Waals surface area contributed by atoms with E-state index in [9.17, 15) is 14.9 Å². The molecule has 0 aliphatic heterocycles. The van der Waals surface area contributed by atoms with Gasteiger partial charge in [-0.25, -0.2) is 4.98 Å². The zero-order chi connectivity index (χ0) is 17.4. The number of benzene rings is 1. The van der Waals surface area contributed by atoms with Gasteiger partial charge >= 0.3 is 0 Å². The Bertz CT molecular complexity index is 984. The van der Waals surface area contributed by atoms with Crippen LogP contribution in [-0.4, -0.2) is 20.2 Å². The number of pyridine rings is 1. The fourth-order valence-corrected chi connectivity index (χ4v) is 2.69. The van der Waals surface area contributed by atoms with Crippen molar-refractivity contribution in [3.63, 3.8) is 0 Å². The number of carbonyl (C=O) groups is 1. The van der Waals surface area contributed by atoms with Crippen molar-refractivity contribution in [2.75, 3.05) is 5.32 Å². The van der Waals surface area contributed by atoms with Crippen molar-refractivity contribution >= 4 is 46.1 Å². The summed E-state index contributed by atoms with van der Waals surface area (Å²) in [6, 6.07) is 7.20. The van der Waals surface area contributed by atoms with E-state index < -0.39 is 10.8 Å². The van der Waals surface area contributed by atoms with Gasteiger partial charge in [-0.15, -0.1) is 0 Å².